The molecule has 15 heavy (non-hydrogen) atoms. The van der Waals surface area contributed by atoms with Gasteiger partial charge in [0.15, 0.2) is 0 Å². The molecular formula is C11H15F2NO. The largest absolute Gasteiger partial charge is 0.434 e. The van der Waals surface area contributed by atoms with Gasteiger partial charge in [-0.25, -0.2) is 0 Å². The van der Waals surface area contributed by atoms with Crippen LogP contribution in [0.5, 0.6) is 5.75 Å². The minimum atomic E-state index is -2.81. The average Bonchev–Trinajstić information content (AvgIpc) is 2.18. The van der Waals surface area contributed by atoms with Crippen LogP contribution in [-0.2, 0) is 0 Å². The van der Waals surface area contributed by atoms with Crippen LogP contribution in [0.25, 0.3) is 0 Å². The molecule has 1 aromatic carbocycles. The van der Waals surface area contributed by atoms with Crippen LogP contribution in [0.1, 0.15) is 31.4 Å². The Morgan fingerprint density at radius 2 is 2.00 bits per heavy atom. The zero-order valence-electron chi connectivity index (χ0n) is 8.62. The monoisotopic (exact) mass is 215 g/mol. The molecule has 1 rings (SSSR count). The van der Waals surface area contributed by atoms with Gasteiger partial charge in [-0.2, -0.15) is 8.78 Å². The lowest BCUT2D eigenvalue weighted by molar-refractivity contribution is -0.0506. The fraction of sp³-hybridized carbons (Fsp3) is 0.455. The van der Waals surface area contributed by atoms with Gasteiger partial charge >= 0.3 is 6.61 Å². The van der Waals surface area contributed by atoms with Gasteiger partial charge in [-0.1, -0.05) is 31.5 Å². The van der Waals surface area contributed by atoms with Crippen molar-refractivity contribution in [2.75, 3.05) is 0 Å². The first-order valence-electron chi connectivity index (χ1n) is 4.94. The van der Waals surface area contributed by atoms with Crippen molar-refractivity contribution in [2.24, 2.45) is 5.73 Å². The molecule has 0 aliphatic heterocycles. The summed E-state index contributed by atoms with van der Waals surface area (Å²) in [4.78, 5) is 0. The van der Waals surface area contributed by atoms with Gasteiger partial charge in [0.1, 0.15) is 5.75 Å². The van der Waals surface area contributed by atoms with Gasteiger partial charge in [0.25, 0.3) is 0 Å². The van der Waals surface area contributed by atoms with E-state index < -0.39 is 6.61 Å². The first kappa shape index (κ1) is 11.9. The van der Waals surface area contributed by atoms with Crippen molar-refractivity contribution in [3.63, 3.8) is 0 Å². The number of benzene rings is 1. The van der Waals surface area contributed by atoms with Gasteiger partial charge in [-0.15, -0.1) is 0 Å². The third kappa shape index (κ3) is 3.47. The first-order chi connectivity index (χ1) is 7.15. The van der Waals surface area contributed by atoms with Crippen LogP contribution in [0.4, 0.5) is 8.78 Å². The number of para-hydroxylation sites is 1. The van der Waals surface area contributed by atoms with Crippen LogP contribution in [0.2, 0.25) is 0 Å². The van der Waals surface area contributed by atoms with Crippen LogP contribution in [0.15, 0.2) is 24.3 Å². The lowest BCUT2D eigenvalue weighted by Gasteiger charge is -2.15. The Morgan fingerprint density at radius 3 is 2.60 bits per heavy atom. The molecule has 0 bridgehead atoms. The second kappa shape index (κ2) is 5.66. The van der Waals surface area contributed by atoms with Gasteiger partial charge in [0.05, 0.1) is 0 Å². The number of ether oxygens (including phenoxy) is 1. The van der Waals surface area contributed by atoms with E-state index >= 15 is 0 Å². The Bertz CT molecular complexity index is 304. The van der Waals surface area contributed by atoms with Crippen LogP contribution in [-0.4, -0.2) is 6.61 Å². The van der Waals surface area contributed by atoms with Gasteiger partial charge in [0, 0.05) is 11.6 Å². The SMILES string of the molecule is CCC[C@H](N)c1ccccc1OC(F)F. The van der Waals surface area contributed by atoms with Gasteiger partial charge in [0.2, 0.25) is 0 Å². The second-order valence-corrected chi connectivity index (χ2v) is 3.31. The Labute approximate surface area is 88.0 Å². The van der Waals surface area contributed by atoms with E-state index in [9.17, 15) is 8.78 Å². The summed E-state index contributed by atoms with van der Waals surface area (Å²) in [7, 11) is 0. The molecule has 0 unspecified atom stereocenters. The summed E-state index contributed by atoms with van der Waals surface area (Å²) in [6.45, 7) is -0.809. The molecule has 0 saturated carbocycles. The Hall–Kier alpha value is -1.16. The molecule has 0 spiro atoms. The van der Waals surface area contributed by atoms with Crippen molar-refractivity contribution in [3.05, 3.63) is 29.8 Å². The summed E-state index contributed by atoms with van der Waals surface area (Å²) in [5.41, 5.74) is 6.50. The maximum absolute atomic E-state index is 12.1. The molecule has 0 amide bonds. The van der Waals surface area contributed by atoms with Crippen LogP contribution in [0, 0.1) is 0 Å². The molecule has 0 heterocycles. The maximum Gasteiger partial charge on any atom is 0.387 e. The molecule has 4 heteroatoms. The molecule has 0 aromatic heterocycles. The molecule has 2 N–H and O–H groups in total. The molecular weight excluding hydrogens is 200 g/mol. The molecule has 2 nitrogen and oxygen atoms in total. The average molecular weight is 215 g/mol. The highest BCUT2D eigenvalue weighted by Gasteiger charge is 2.13. The fourth-order valence-corrected chi connectivity index (χ4v) is 1.46. The summed E-state index contributed by atoms with van der Waals surface area (Å²) < 4.78 is 28.6. The molecule has 84 valence electrons. The molecule has 0 aliphatic carbocycles. The molecule has 0 saturated heterocycles. The molecule has 0 fully saturated rings. The van der Waals surface area contributed by atoms with E-state index in [0.717, 1.165) is 12.8 Å². The van der Waals surface area contributed by atoms with E-state index in [2.05, 4.69) is 4.74 Å². The summed E-state index contributed by atoms with van der Waals surface area (Å²) in [5, 5.41) is 0. The fourth-order valence-electron chi connectivity index (χ4n) is 1.46. The lowest BCUT2D eigenvalue weighted by atomic mass is 10.0. The molecule has 1 aromatic rings. The first-order valence-corrected chi connectivity index (χ1v) is 4.94. The minimum absolute atomic E-state index is 0.174. The summed E-state index contributed by atoms with van der Waals surface area (Å²) in [6, 6.07) is 6.41. The van der Waals surface area contributed by atoms with Gasteiger partial charge in [-0.05, 0) is 12.5 Å². The van der Waals surface area contributed by atoms with Crippen LogP contribution >= 0.6 is 0 Å². The van der Waals surface area contributed by atoms with Crippen molar-refractivity contribution < 1.29 is 13.5 Å². The number of hydrogen-bond donors (Lipinski definition) is 1. The normalized spacial score (nSPS) is 12.9. The molecule has 1 atom stereocenters. The Kier molecular flexibility index (Phi) is 4.49. The van der Waals surface area contributed by atoms with E-state index in [0.29, 0.717) is 5.56 Å². The number of halogens is 2. The summed E-state index contributed by atoms with van der Waals surface area (Å²) >= 11 is 0. The van der Waals surface area contributed by atoms with E-state index in [1.807, 2.05) is 6.92 Å². The highest BCUT2D eigenvalue weighted by Crippen LogP contribution is 2.27. The van der Waals surface area contributed by atoms with Crippen LogP contribution < -0.4 is 10.5 Å². The third-order valence-corrected chi connectivity index (χ3v) is 2.13. The van der Waals surface area contributed by atoms with Gasteiger partial charge in [-0.3, -0.25) is 0 Å². The van der Waals surface area contributed by atoms with Crippen molar-refractivity contribution in [1.82, 2.24) is 0 Å². The van der Waals surface area contributed by atoms with E-state index in [4.69, 9.17) is 5.73 Å². The van der Waals surface area contributed by atoms with Crippen molar-refractivity contribution >= 4 is 0 Å². The number of rotatable bonds is 5. The number of nitrogens with two attached hydrogens (primary N) is 1. The zero-order chi connectivity index (χ0) is 11.3. The zero-order valence-corrected chi connectivity index (χ0v) is 8.62. The smallest absolute Gasteiger partial charge is 0.387 e. The van der Waals surface area contributed by atoms with Crippen LogP contribution in [0.3, 0.4) is 0 Å². The molecule has 0 aliphatic rings. The third-order valence-electron chi connectivity index (χ3n) is 2.13. The van der Waals surface area contributed by atoms with Gasteiger partial charge < -0.3 is 10.5 Å². The predicted octanol–water partition coefficient (Wildman–Crippen LogP) is 3.09. The van der Waals surface area contributed by atoms with E-state index in [1.54, 1.807) is 18.2 Å². The standard InChI is InChI=1S/C11H15F2NO/c1-2-5-9(14)8-6-3-4-7-10(8)15-11(12)13/h3-4,6-7,9,11H,2,5,14H2,1H3/t9-/m0/s1. The summed E-state index contributed by atoms with van der Waals surface area (Å²) in [5.74, 6) is 0.174. The maximum atomic E-state index is 12.1. The Morgan fingerprint density at radius 1 is 1.33 bits per heavy atom. The Balaban J connectivity index is 2.85. The van der Waals surface area contributed by atoms with Crippen molar-refractivity contribution in [1.29, 1.82) is 0 Å². The van der Waals surface area contributed by atoms with Crippen molar-refractivity contribution in [3.8, 4) is 5.75 Å². The topological polar surface area (TPSA) is 35.2 Å². The van der Waals surface area contributed by atoms with E-state index in [-0.39, 0.29) is 11.8 Å². The van der Waals surface area contributed by atoms with Crippen molar-refractivity contribution in [2.45, 2.75) is 32.4 Å². The molecule has 0 radical (unpaired) electrons. The minimum Gasteiger partial charge on any atom is -0.434 e. The number of hydrogen-bond acceptors (Lipinski definition) is 2. The predicted molar refractivity (Wildman–Crippen MR) is 54.9 cm³/mol. The second-order valence-electron chi connectivity index (χ2n) is 3.31. The highest BCUT2D eigenvalue weighted by molar-refractivity contribution is 5.35. The quantitative estimate of drug-likeness (QED) is 0.819. The highest BCUT2D eigenvalue weighted by atomic mass is 19.3. The number of alkyl halides is 2. The lowest BCUT2D eigenvalue weighted by Crippen LogP contribution is -2.13. The van der Waals surface area contributed by atoms with E-state index in [1.165, 1.54) is 6.07 Å². The summed E-state index contributed by atoms with van der Waals surface area (Å²) in [6.07, 6.45) is 1.66.